The van der Waals surface area contributed by atoms with Crippen molar-refractivity contribution >= 4 is 40.7 Å². The molecule has 0 aromatic heterocycles. The second kappa shape index (κ2) is 7.22. The predicted octanol–water partition coefficient (Wildman–Crippen LogP) is 5.00. The summed E-state index contributed by atoms with van der Waals surface area (Å²) in [6, 6.07) is 11.2. The minimum Gasteiger partial charge on any atom is -0.479 e. The Balaban J connectivity index is 1.71. The van der Waals surface area contributed by atoms with Gasteiger partial charge in [0, 0.05) is 19.2 Å². The third kappa shape index (κ3) is 3.64. The Morgan fingerprint density at radius 2 is 1.75 bits per heavy atom. The largest absolute Gasteiger partial charge is 0.479 e. The van der Waals surface area contributed by atoms with Crippen LogP contribution < -0.4 is 4.74 Å². The van der Waals surface area contributed by atoms with Gasteiger partial charge in [-0.15, -0.1) is 0 Å². The maximum absolute atomic E-state index is 12.7. The van der Waals surface area contributed by atoms with Crippen LogP contribution >= 0.6 is 34.8 Å². The van der Waals surface area contributed by atoms with E-state index in [2.05, 4.69) is 12.1 Å². The number of amides is 1. The quantitative estimate of drug-likeness (QED) is 0.697. The number of nitrogens with zero attached hydrogens (tertiary/aromatic N) is 1. The molecule has 1 aliphatic heterocycles. The van der Waals surface area contributed by atoms with Crippen LogP contribution in [0, 0.1) is 0 Å². The van der Waals surface area contributed by atoms with E-state index in [1.807, 2.05) is 12.1 Å². The third-order valence-electron chi connectivity index (χ3n) is 4.07. The van der Waals surface area contributed by atoms with Gasteiger partial charge in [-0.05, 0) is 30.5 Å². The predicted molar refractivity (Wildman–Crippen MR) is 97.1 cm³/mol. The summed E-state index contributed by atoms with van der Waals surface area (Å²) < 4.78 is 5.72. The molecule has 2 aromatic carbocycles. The van der Waals surface area contributed by atoms with E-state index in [0.717, 1.165) is 6.42 Å². The van der Waals surface area contributed by atoms with Crippen molar-refractivity contribution < 1.29 is 9.53 Å². The highest BCUT2D eigenvalue weighted by atomic mass is 35.5. The molecular formula is C18H16Cl3NO2. The SMILES string of the molecule is C[C@@H](Oc1cc(Cl)c(Cl)cc1Cl)C(=O)N1CCc2ccccc2C1. The number of ether oxygens (including phenoxy) is 1. The zero-order valence-corrected chi connectivity index (χ0v) is 15.3. The van der Waals surface area contributed by atoms with Crippen LogP contribution in [0.4, 0.5) is 0 Å². The fourth-order valence-corrected chi connectivity index (χ4v) is 3.36. The van der Waals surface area contributed by atoms with Crippen molar-refractivity contribution in [3.05, 3.63) is 62.6 Å². The molecule has 0 radical (unpaired) electrons. The van der Waals surface area contributed by atoms with Gasteiger partial charge in [0.2, 0.25) is 0 Å². The number of fused-ring (bicyclic) bond motifs is 1. The van der Waals surface area contributed by atoms with Crippen molar-refractivity contribution in [2.24, 2.45) is 0 Å². The van der Waals surface area contributed by atoms with Crippen LogP contribution in [0.3, 0.4) is 0 Å². The van der Waals surface area contributed by atoms with E-state index in [4.69, 9.17) is 39.5 Å². The minimum absolute atomic E-state index is 0.0772. The molecule has 0 aliphatic carbocycles. The molecule has 126 valence electrons. The molecule has 0 fully saturated rings. The molecule has 1 aliphatic rings. The zero-order chi connectivity index (χ0) is 17.3. The zero-order valence-electron chi connectivity index (χ0n) is 13.1. The molecule has 0 saturated carbocycles. The molecule has 1 heterocycles. The van der Waals surface area contributed by atoms with Gasteiger partial charge in [0.25, 0.3) is 5.91 Å². The van der Waals surface area contributed by atoms with Gasteiger partial charge in [0.15, 0.2) is 6.10 Å². The monoisotopic (exact) mass is 383 g/mol. The van der Waals surface area contributed by atoms with Gasteiger partial charge >= 0.3 is 0 Å². The highest BCUT2D eigenvalue weighted by molar-refractivity contribution is 6.43. The number of halogens is 3. The van der Waals surface area contributed by atoms with Gasteiger partial charge < -0.3 is 9.64 Å². The van der Waals surface area contributed by atoms with E-state index in [1.165, 1.54) is 23.3 Å². The van der Waals surface area contributed by atoms with Crippen molar-refractivity contribution in [3.8, 4) is 5.75 Å². The summed E-state index contributed by atoms with van der Waals surface area (Å²) in [5.41, 5.74) is 2.47. The lowest BCUT2D eigenvalue weighted by atomic mass is 9.99. The van der Waals surface area contributed by atoms with Gasteiger partial charge in [-0.3, -0.25) is 4.79 Å². The highest BCUT2D eigenvalue weighted by Gasteiger charge is 2.26. The lowest BCUT2D eigenvalue weighted by molar-refractivity contribution is -0.138. The van der Waals surface area contributed by atoms with Crippen LogP contribution in [0.1, 0.15) is 18.1 Å². The molecule has 0 bridgehead atoms. The Bertz CT molecular complexity index is 779. The molecule has 1 amide bonds. The first kappa shape index (κ1) is 17.4. The van der Waals surface area contributed by atoms with E-state index >= 15 is 0 Å². The fraction of sp³-hybridized carbons (Fsp3) is 0.278. The topological polar surface area (TPSA) is 29.5 Å². The molecule has 24 heavy (non-hydrogen) atoms. The first-order valence-corrected chi connectivity index (χ1v) is 8.76. The molecule has 0 unspecified atom stereocenters. The summed E-state index contributed by atoms with van der Waals surface area (Å²) in [4.78, 5) is 14.5. The Morgan fingerprint density at radius 1 is 1.08 bits per heavy atom. The van der Waals surface area contributed by atoms with Crippen LogP contribution in [-0.4, -0.2) is 23.5 Å². The summed E-state index contributed by atoms with van der Waals surface area (Å²) in [6.45, 7) is 2.98. The smallest absolute Gasteiger partial charge is 0.263 e. The first-order valence-electron chi connectivity index (χ1n) is 7.62. The van der Waals surface area contributed by atoms with E-state index in [1.54, 1.807) is 11.8 Å². The van der Waals surface area contributed by atoms with Crippen LogP contribution in [0.15, 0.2) is 36.4 Å². The van der Waals surface area contributed by atoms with Crippen molar-refractivity contribution in [2.45, 2.75) is 26.0 Å². The summed E-state index contributed by atoms with van der Waals surface area (Å²) in [5.74, 6) is 0.274. The molecular weight excluding hydrogens is 369 g/mol. The second-order valence-corrected chi connectivity index (χ2v) is 6.96. The molecule has 0 saturated heterocycles. The number of hydrogen-bond acceptors (Lipinski definition) is 2. The maximum Gasteiger partial charge on any atom is 0.263 e. The Labute approximate surface area is 156 Å². The summed E-state index contributed by atoms with van der Waals surface area (Å²) in [7, 11) is 0. The molecule has 0 spiro atoms. The minimum atomic E-state index is -0.662. The van der Waals surface area contributed by atoms with Crippen LogP contribution in [0.25, 0.3) is 0 Å². The van der Waals surface area contributed by atoms with E-state index in [0.29, 0.717) is 33.9 Å². The Morgan fingerprint density at radius 3 is 2.50 bits per heavy atom. The van der Waals surface area contributed by atoms with Gasteiger partial charge in [-0.1, -0.05) is 59.1 Å². The molecule has 2 aromatic rings. The maximum atomic E-state index is 12.7. The highest BCUT2D eigenvalue weighted by Crippen LogP contribution is 2.34. The van der Waals surface area contributed by atoms with Crippen molar-refractivity contribution in [2.75, 3.05) is 6.54 Å². The van der Waals surface area contributed by atoms with Gasteiger partial charge in [-0.2, -0.15) is 0 Å². The third-order valence-corrected chi connectivity index (χ3v) is 5.09. The Hall–Kier alpha value is -1.42. The molecule has 6 heteroatoms. The summed E-state index contributed by atoms with van der Waals surface area (Å²) in [6.07, 6.45) is 0.187. The molecule has 3 nitrogen and oxygen atoms in total. The van der Waals surface area contributed by atoms with Crippen molar-refractivity contribution in [1.29, 1.82) is 0 Å². The van der Waals surface area contributed by atoms with Crippen LogP contribution in [0.5, 0.6) is 5.75 Å². The number of carbonyl (C=O) groups is 1. The molecule has 3 rings (SSSR count). The summed E-state index contributed by atoms with van der Waals surface area (Å²) in [5, 5.41) is 1.01. The normalized spacial score (nSPS) is 14.9. The first-order chi connectivity index (χ1) is 11.5. The standard InChI is InChI=1S/C18H16Cl3NO2/c1-11(24-17-9-15(20)14(19)8-16(17)21)18(23)22-7-6-12-4-2-3-5-13(12)10-22/h2-5,8-9,11H,6-7,10H2,1H3/t11-/m1/s1. The van der Waals surface area contributed by atoms with Gasteiger partial charge in [-0.25, -0.2) is 0 Å². The lowest BCUT2D eigenvalue weighted by Gasteiger charge is -2.31. The van der Waals surface area contributed by atoms with Crippen LogP contribution in [-0.2, 0) is 17.8 Å². The van der Waals surface area contributed by atoms with E-state index in [9.17, 15) is 4.79 Å². The second-order valence-electron chi connectivity index (χ2n) is 5.74. The van der Waals surface area contributed by atoms with Gasteiger partial charge in [0.1, 0.15) is 5.75 Å². The average Bonchev–Trinajstić information content (AvgIpc) is 2.58. The molecule has 0 N–H and O–H groups in total. The average molecular weight is 385 g/mol. The van der Waals surface area contributed by atoms with Gasteiger partial charge in [0.05, 0.1) is 15.1 Å². The number of benzene rings is 2. The van der Waals surface area contributed by atoms with Crippen molar-refractivity contribution in [1.82, 2.24) is 4.90 Å². The van der Waals surface area contributed by atoms with Crippen LogP contribution in [0.2, 0.25) is 15.1 Å². The van der Waals surface area contributed by atoms with E-state index in [-0.39, 0.29) is 5.91 Å². The summed E-state index contributed by atoms with van der Waals surface area (Å²) >= 11 is 18.0. The fourth-order valence-electron chi connectivity index (χ4n) is 2.78. The van der Waals surface area contributed by atoms with E-state index < -0.39 is 6.10 Å². The number of hydrogen-bond donors (Lipinski definition) is 0. The Kier molecular flexibility index (Phi) is 5.24. The lowest BCUT2D eigenvalue weighted by Crippen LogP contribution is -2.43. The number of carbonyl (C=O) groups excluding carboxylic acids is 1. The van der Waals surface area contributed by atoms with Crippen molar-refractivity contribution in [3.63, 3.8) is 0 Å². The number of rotatable bonds is 3. The molecule has 1 atom stereocenters.